The average Bonchev–Trinajstić information content (AvgIpc) is 3.30. The fraction of sp³-hybridized carbons (Fsp3) is 0.661. The molecule has 5 heteroatoms. The molecule has 0 aliphatic rings. The molecule has 1 unspecified atom stereocenters. The largest absolute Gasteiger partial charge is 0.462 e. The molecule has 364 valence electrons. The zero-order chi connectivity index (χ0) is 46.3. The summed E-state index contributed by atoms with van der Waals surface area (Å²) in [6.45, 7) is 4.00. The number of hydrogen-bond acceptors (Lipinski definition) is 5. The molecule has 1 N–H and O–H groups in total. The smallest absolute Gasteiger partial charge is 0.306 e. The zero-order valence-electron chi connectivity index (χ0n) is 41.5. The third-order valence-corrected chi connectivity index (χ3v) is 11.1. The van der Waals surface area contributed by atoms with Crippen molar-refractivity contribution in [3.05, 3.63) is 109 Å². The van der Waals surface area contributed by atoms with E-state index in [0.29, 0.717) is 12.8 Å². The molecule has 0 heterocycles. The summed E-state index contributed by atoms with van der Waals surface area (Å²) in [5.41, 5.74) is 0. The van der Waals surface area contributed by atoms with Crippen LogP contribution >= 0.6 is 0 Å². The highest BCUT2D eigenvalue weighted by molar-refractivity contribution is 5.70. The highest BCUT2D eigenvalue weighted by Gasteiger charge is 2.16. The number of aliphatic hydroxyl groups excluding tert-OH is 1. The lowest BCUT2D eigenvalue weighted by Gasteiger charge is -2.15. The normalized spacial score (nSPS) is 13.1. The van der Waals surface area contributed by atoms with Crippen LogP contribution < -0.4 is 0 Å². The van der Waals surface area contributed by atoms with Crippen LogP contribution in [0.15, 0.2) is 109 Å². The van der Waals surface area contributed by atoms with Gasteiger partial charge in [0.1, 0.15) is 6.61 Å². The Morgan fingerprint density at radius 1 is 0.375 bits per heavy atom. The highest BCUT2D eigenvalue weighted by Crippen LogP contribution is 2.14. The third-order valence-electron chi connectivity index (χ3n) is 11.1. The van der Waals surface area contributed by atoms with E-state index in [1.165, 1.54) is 109 Å². The molecule has 0 aromatic heterocycles. The van der Waals surface area contributed by atoms with Crippen LogP contribution in [-0.2, 0) is 19.1 Å². The Labute approximate surface area is 395 Å². The molecule has 0 radical (unpaired) electrons. The van der Waals surface area contributed by atoms with E-state index in [2.05, 4.69) is 123 Å². The highest BCUT2D eigenvalue weighted by atomic mass is 16.6. The predicted molar refractivity (Wildman–Crippen MR) is 279 cm³/mol. The molecule has 0 rings (SSSR count). The van der Waals surface area contributed by atoms with Gasteiger partial charge in [0.05, 0.1) is 6.61 Å². The molecule has 0 aromatic rings. The van der Waals surface area contributed by atoms with Gasteiger partial charge in [-0.3, -0.25) is 9.59 Å². The third kappa shape index (κ3) is 51.2. The molecular formula is C59H98O5. The summed E-state index contributed by atoms with van der Waals surface area (Å²) in [6.07, 6.45) is 77.5. The van der Waals surface area contributed by atoms with Crippen LogP contribution in [-0.4, -0.2) is 36.4 Å². The second kappa shape index (κ2) is 53.9. The summed E-state index contributed by atoms with van der Waals surface area (Å²) in [4.78, 5) is 24.5. The second-order valence-corrected chi connectivity index (χ2v) is 17.2. The van der Waals surface area contributed by atoms with E-state index >= 15 is 0 Å². The van der Waals surface area contributed by atoms with Crippen molar-refractivity contribution in [2.24, 2.45) is 0 Å². The van der Waals surface area contributed by atoms with Crippen LogP contribution in [0.5, 0.6) is 0 Å². The van der Waals surface area contributed by atoms with Crippen LogP contribution in [0, 0.1) is 0 Å². The molecule has 0 aromatic carbocycles. The van der Waals surface area contributed by atoms with Gasteiger partial charge in [-0.05, 0) is 103 Å². The quantitative estimate of drug-likeness (QED) is 0.0374. The number of esters is 2. The maximum Gasteiger partial charge on any atom is 0.306 e. The number of carbonyl (C=O) groups is 2. The molecule has 0 spiro atoms. The van der Waals surface area contributed by atoms with Gasteiger partial charge in [0.15, 0.2) is 6.10 Å². The molecule has 5 nitrogen and oxygen atoms in total. The van der Waals surface area contributed by atoms with E-state index in [9.17, 15) is 14.7 Å². The maximum atomic E-state index is 12.3. The van der Waals surface area contributed by atoms with Crippen molar-refractivity contribution in [2.45, 2.75) is 238 Å². The molecule has 0 aliphatic heterocycles. The summed E-state index contributed by atoms with van der Waals surface area (Å²) in [6, 6.07) is 0. The number of carbonyl (C=O) groups excluding carboxylic acids is 2. The predicted octanol–water partition coefficient (Wildman–Crippen LogP) is 17.7. The number of aliphatic hydroxyl groups is 1. The Morgan fingerprint density at radius 3 is 1.02 bits per heavy atom. The van der Waals surface area contributed by atoms with Crippen molar-refractivity contribution in [3.63, 3.8) is 0 Å². The van der Waals surface area contributed by atoms with Crippen molar-refractivity contribution in [1.29, 1.82) is 0 Å². The lowest BCUT2D eigenvalue weighted by molar-refractivity contribution is -0.161. The Hall–Kier alpha value is -3.44. The first-order valence-corrected chi connectivity index (χ1v) is 26.4. The number of rotatable bonds is 47. The molecular weight excluding hydrogens is 789 g/mol. The Balaban J connectivity index is 3.57. The monoisotopic (exact) mass is 887 g/mol. The minimum atomic E-state index is -0.784. The fourth-order valence-electron chi connectivity index (χ4n) is 7.09. The summed E-state index contributed by atoms with van der Waals surface area (Å²) in [7, 11) is 0. The first kappa shape index (κ1) is 60.6. The first-order chi connectivity index (χ1) is 31.6. The van der Waals surface area contributed by atoms with Gasteiger partial charge >= 0.3 is 11.9 Å². The van der Waals surface area contributed by atoms with Crippen LogP contribution in [0.2, 0.25) is 0 Å². The molecule has 0 saturated heterocycles. The maximum absolute atomic E-state index is 12.3. The number of ether oxygens (including phenoxy) is 2. The molecule has 0 aliphatic carbocycles. The fourth-order valence-corrected chi connectivity index (χ4v) is 7.09. The van der Waals surface area contributed by atoms with Crippen molar-refractivity contribution in [2.75, 3.05) is 13.2 Å². The van der Waals surface area contributed by atoms with Gasteiger partial charge in [-0.25, -0.2) is 0 Å². The molecule has 0 amide bonds. The van der Waals surface area contributed by atoms with E-state index in [-0.39, 0.29) is 25.2 Å². The van der Waals surface area contributed by atoms with Crippen LogP contribution in [0.1, 0.15) is 232 Å². The SMILES string of the molecule is CC/C=C\C/C=C\C/C=C\C/C=C\C/C=C\C/C=C\C/C=C\CCCCCCCCCCCC(=O)OC(CO)COC(=O)CCCCCCCCCCC/C=C\C/C=C\CCCCC. The Morgan fingerprint density at radius 2 is 0.672 bits per heavy atom. The van der Waals surface area contributed by atoms with Crippen molar-refractivity contribution in [1.82, 2.24) is 0 Å². The number of hydrogen-bond donors (Lipinski definition) is 1. The van der Waals surface area contributed by atoms with E-state index in [0.717, 1.165) is 96.3 Å². The summed E-state index contributed by atoms with van der Waals surface area (Å²) in [5, 5.41) is 9.64. The molecule has 0 bridgehead atoms. The van der Waals surface area contributed by atoms with E-state index in [1.807, 2.05) is 0 Å². The molecule has 1 atom stereocenters. The van der Waals surface area contributed by atoms with Gasteiger partial charge in [0, 0.05) is 12.8 Å². The summed E-state index contributed by atoms with van der Waals surface area (Å²) < 4.78 is 10.7. The minimum Gasteiger partial charge on any atom is -0.462 e. The van der Waals surface area contributed by atoms with Crippen molar-refractivity contribution >= 4 is 11.9 Å². The van der Waals surface area contributed by atoms with E-state index < -0.39 is 6.10 Å². The van der Waals surface area contributed by atoms with Crippen molar-refractivity contribution in [3.8, 4) is 0 Å². The van der Waals surface area contributed by atoms with Gasteiger partial charge in [0.2, 0.25) is 0 Å². The lowest BCUT2D eigenvalue weighted by Crippen LogP contribution is -2.28. The second-order valence-electron chi connectivity index (χ2n) is 17.2. The standard InChI is InChI=1S/C59H98O5/c1-3-5-7-9-11-13-15-17-19-21-23-24-25-26-27-28-29-30-31-32-33-34-36-38-40-42-44-46-48-50-52-54-59(62)64-57(55-60)56-63-58(61)53-51-49-47-45-43-41-39-37-35-22-20-18-16-14-12-10-8-6-4-2/h5,7,11-14,17-20,23-24,26-27,29-30,32-33,57,60H,3-4,6,8-10,15-16,21-22,25,28,31,34-56H2,1-2H3/b7-5-,13-11-,14-12-,19-17-,20-18-,24-23-,27-26-,30-29-,33-32-. The van der Waals surface area contributed by atoms with Crippen LogP contribution in [0.3, 0.4) is 0 Å². The van der Waals surface area contributed by atoms with Crippen LogP contribution in [0.4, 0.5) is 0 Å². The summed E-state index contributed by atoms with van der Waals surface area (Å²) >= 11 is 0. The van der Waals surface area contributed by atoms with Gasteiger partial charge in [-0.2, -0.15) is 0 Å². The zero-order valence-corrected chi connectivity index (χ0v) is 41.5. The lowest BCUT2D eigenvalue weighted by atomic mass is 10.1. The van der Waals surface area contributed by atoms with Gasteiger partial charge in [-0.1, -0.05) is 226 Å². The van der Waals surface area contributed by atoms with Crippen LogP contribution in [0.25, 0.3) is 0 Å². The Kier molecular flexibility index (Phi) is 51.0. The molecule has 64 heavy (non-hydrogen) atoms. The number of allylic oxidation sites excluding steroid dienone is 18. The van der Waals surface area contributed by atoms with Gasteiger partial charge in [0.25, 0.3) is 0 Å². The van der Waals surface area contributed by atoms with E-state index in [4.69, 9.17) is 9.47 Å². The topological polar surface area (TPSA) is 72.8 Å². The molecule has 0 fully saturated rings. The molecule has 0 saturated carbocycles. The average molecular weight is 887 g/mol. The Bertz CT molecular complexity index is 1280. The van der Waals surface area contributed by atoms with Gasteiger partial charge < -0.3 is 14.6 Å². The number of unbranched alkanes of at least 4 members (excludes halogenated alkanes) is 21. The van der Waals surface area contributed by atoms with E-state index in [1.54, 1.807) is 0 Å². The van der Waals surface area contributed by atoms with Crippen molar-refractivity contribution < 1.29 is 24.2 Å². The summed E-state index contributed by atoms with van der Waals surface area (Å²) in [5.74, 6) is -0.606. The first-order valence-electron chi connectivity index (χ1n) is 26.4. The minimum absolute atomic E-state index is 0.0757. The van der Waals surface area contributed by atoms with Gasteiger partial charge in [-0.15, -0.1) is 0 Å².